The van der Waals surface area contributed by atoms with Crippen molar-refractivity contribution in [2.24, 2.45) is 11.8 Å². The maximum atomic E-state index is 11.9. The molecule has 0 unspecified atom stereocenters. The Balaban J connectivity index is 0.000000142. The van der Waals surface area contributed by atoms with E-state index in [0.29, 0.717) is 11.1 Å². The minimum absolute atomic E-state index is 0.0694. The van der Waals surface area contributed by atoms with Crippen molar-refractivity contribution in [3.8, 4) is 22.5 Å². The van der Waals surface area contributed by atoms with E-state index in [9.17, 15) is 19.8 Å². The monoisotopic (exact) mass is 718 g/mol. The lowest BCUT2D eigenvalue weighted by atomic mass is 9.75. The number of hydrogen-bond acceptors (Lipinski definition) is 6. The molecule has 4 heterocycles. The first-order chi connectivity index (χ1) is 26.4. The fraction of sp³-hybridized carbons (Fsp3) is 0.273. The molecule has 272 valence electrons. The summed E-state index contributed by atoms with van der Waals surface area (Å²) in [5.74, 6) is -0.0516. The topological polar surface area (TPSA) is 134 Å². The number of carbonyl (C=O) groups is 2. The average Bonchev–Trinajstić information content (AvgIpc) is 4.00. The predicted octanol–water partition coefficient (Wildman–Crippen LogP) is 6.22. The summed E-state index contributed by atoms with van der Waals surface area (Å²) in [6.45, 7) is 0. The highest BCUT2D eigenvalue weighted by Gasteiger charge is 2.42. The van der Waals surface area contributed by atoms with Gasteiger partial charge in [0.1, 0.15) is 0 Å². The summed E-state index contributed by atoms with van der Waals surface area (Å²) in [4.78, 5) is 32.5. The van der Waals surface area contributed by atoms with Gasteiger partial charge in [0.2, 0.25) is 0 Å². The van der Waals surface area contributed by atoms with Crippen molar-refractivity contribution in [1.29, 1.82) is 0 Å². The molecule has 4 N–H and O–H groups in total. The summed E-state index contributed by atoms with van der Waals surface area (Å²) in [5.41, 5.74) is 12.4. The van der Waals surface area contributed by atoms with Crippen LogP contribution in [0, 0.1) is 11.8 Å². The number of carbonyl (C=O) groups excluding carboxylic acids is 2. The van der Waals surface area contributed by atoms with E-state index in [-0.39, 0.29) is 35.7 Å². The number of rotatable bonds is 4. The molecule has 4 aliphatic rings. The van der Waals surface area contributed by atoms with Crippen LogP contribution < -0.4 is 10.6 Å². The number of fused-ring (bicyclic) bond motifs is 8. The van der Waals surface area contributed by atoms with Crippen LogP contribution >= 0.6 is 0 Å². The third-order valence-electron chi connectivity index (χ3n) is 12.1. The summed E-state index contributed by atoms with van der Waals surface area (Å²) in [5, 5.41) is 27.8. The average molecular weight is 719 g/mol. The van der Waals surface area contributed by atoms with Gasteiger partial charge in [-0.05, 0) is 83.3 Å². The first-order valence-corrected chi connectivity index (χ1v) is 18.7. The Morgan fingerprint density at radius 3 is 1.46 bits per heavy atom. The molecule has 0 saturated heterocycles. The quantitative estimate of drug-likeness (QED) is 0.171. The zero-order valence-electron chi connectivity index (χ0n) is 30.2. The van der Waals surface area contributed by atoms with Gasteiger partial charge in [-0.25, -0.2) is 9.97 Å². The third-order valence-corrected chi connectivity index (χ3v) is 12.1. The molecule has 0 radical (unpaired) electrons. The molecule has 2 aliphatic carbocycles. The summed E-state index contributed by atoms with van der Waals surface area (Å²) in [6, 6.07) is 28.2. The van der Waals surface area contributed by atoms with Gasteiger partial charge in [0, 0.05) is 48.2 Å². The molecule has 0 bridgehead atoms. The molecule has 0 spiro atoms. The largest absolute Gasteiger partial charge is 0.388 e. The smallest absolute Gasteiger partial charge is 0.251 e. The zero-order valence-corrected chi connectivity index (χ0v) is 30.2. The fourth-order valence-electron chi connectivity index (χ4n) is 9.49. The van der Waals surface area contributed by atoms with Gasteiger partial charge in [-0.15, -0.1) is 0 Å². The maximum Gasteiger partial charge on any atom is 0.251 e. The predicted molar refractivity (Wildman–Crippen MR) is 205 cm³/mol. The van der Waals surface area contributed by atoms with E-state index < -0.39 is 12.2 Å². The summed E-state index contributed by atoms with van der Waals surface area (Å²) < 4.78 is 4.39. The van der Waals surface area contributed by atoms with Crippen LogP contribution in [0.1, 0.15) is 91.2 Å². The van der Waals surface area contributed by atoms with Crippen molar-refractivity contribution in [2.45, 2.75) is 50.0 Å². The van der Waals surface area contributed by atoms with E-state index in [1.807, 2.05) is 61.4 Å². The third kappa shape index (κ3) is 5.39. The molecule has 2 aliphatic heterocycles. The van der Waals surface area contributed by atoms with Gasteiger partial charge in [0.05, 0.1) is 60.7 Å². The number of nitrogens with one attached hydrogen (secondary N) is 2. The first kappa shape index (κ1) is 34.0. The van der Waals surface area contributed by atoms with E-state index in [1.165, 1.54) is 22.3 Å². The molecule has 10 rings (SSSR count). The Bertz CT molecular complexity index is 2250. The van der Waals surface area contributed by atoms with Gasteiger partial charge < -0.3 is 30.0 Å². The van der Waals surface area contributed by atoms with Gasteiger partial charge in [0.25, 0.3) is 11.8 Å². The number of amides is 2. The number of imidazole rings is 2. The highest BCUT2D eigenvalue weighted by atomic mass is 16.3. The van der Waals surface area contributed by atoms with Crippen molar-refractivity contribution in [2.75, 3.05) is 14.1 Å². The summed E-state index contributed by atoms with van der Waals surface area (Å²) in [7, 11) is 3.26. The number of benzene rings is 4. The van der Waals surface area contributed by atoms with Crippen LogP contribution in [0.3, 0.4) is 0 Å². The van der Waals surface area contributed by atoms with Crippen molar-refractivity contribution < 1.29 is 19.8 Å². The molecule has 6 atom stereocenters. The van der Waals surface area contributed by atoms with Crippen LogP contribution in [0.4, 0.5) is 0 Å². The summed E-state index contributed by atoms with van der Waals surface area (Å²) >= 11 is 0. The van der Waals surface area contributed by atoms with Crippen molar-refractivity contribution in [3.05, 3.63) is 154 Å². The van der Waals surface area contributed by atoms with E-state index in [1.54, 1.807) is 26.2 Å². The van der Waals surface area contributed by atoms with E-state index in [4.69, 9.17) is 0 Å². The highest BCUT2D eigenvalue weighted by molar-refractivity contribution is 5.94. The van der Waals surface area contributed by atoms with Crippen LogP contribution in [0.25, 0.3) is 22.5 Å². The van der Waals surface area contributed by atoms with Gasteiger partial charge in [0.15, 0.2) is 0 Å². The maximum absolute atomic E-state index is 11.9. The van der Waals surface area contributed by atoms with Crippen molar-refractivity contribution in [3.63, 3.8) is 0 Å². The molecule has 0 saturated carbocycles. The Morgan fingerprint density at radius 1 is 0.611 bits per heavy atom. The number of aryl methyl sites for hydroxylation is 2. The number of nitrogens with zero attached hydrogens (tertiary/aromatic N) is 4. The number of hydrogen-bond donors (Lipinski definition) is 4. The van der Waals surface area contributed by atoms with Crippen molar-refractivity contribution in [1.82, 2.24) is 29.7 Å². The normalized spacial score (nSPS) is 22.7. The number of aliphatic hydroxyl groups excluding tert-OH is 2. The summed E-state index contributed by atoms with van der Waals surface area (Å²) in [6.07, 6.45) is 9.83. The van der Waals surface area contributed by atoms with Crippen LogP contribution in [0.5, 0.6) is 0 Å². The minimum atomic E-state index is -0.570. The molecule has 10 nitrogen and oxygen atoms in total. The van der Waals surface area contributed by atoms with Gasteiger partial charge in [-0.1, -0.05) is 60.7 Å². The van der Waals surface area contributed by atoms with Gasteiger partial charge >= 0.3 is 0 Å². The van der Waals surface area contributed by atoms with E-state index in [0.717, 1.165) is 59.3 Å². The van der Waals surface area contributed by atoms with Crippen LogP contribution in [-0.4, -0.2) is 55.2 Å². The Kier molecular flexibility index (Phi) is 8.51. The Hall–Kier alpha value is -5.84. The molecule has 2 amide bonds. The molecule has 2 aromatic heterocycles. The van der Waals surface area contributed by atoms with Crippen LogP contribution in [-0.2, 0) is 12.8 Å². The molecular weight excluding hydrogens is 677 g/mol. The molecule has 0 fully saturated rings. The number of aliphatic hydroxyl groups is 2. The SMILES string of the molecule is CNC(=O)c1ccc2c(c1)CC[C@@H]([C@@H]1c3ccccc3-c3cncn31)[C@@H]2O.CNC(=O)c1ccc2c(c1)CC[C@H]([C@@H]1c3ccccc3-c3cncn31)[C@@H]2O. The van der Waals surface area contributed by atoms with Crippen LogP contribution in [0.2, 0.25) is 0 Å². The second-order valence-electron chi connectivity index (χ2n) is 14.7. The number of aromatic nitrogens is 4. The van der Waals surface area contributed by atoms with Gasteiger partial charge in [-0.3, -0.25) is 9.59 Å². The Labute approximate surface area is 313 Å². The molecule has 10 heteroatoms. The van der Waals surface area contributed by atoms with E-state index in [2.05, 4.69) is 66.1 Å². The van der Waals surface area contributed by atoms with Gasteiger partial charge in [-0.2, -0.15) is 0 Å². The molecule has 6 aromatic rings. The standard InChI is InChI=1S/2C22H21N3O2/c2*1-23-22(27)14-7-8-15-13(10-14)6-9-18(21(15)26)20-17-5-3-2-4-16(17)19-11-24-12-25(19)20/h2*2-5,7-8,10-12,18,20-21,26H,6,9H2,1H3,(H,23,27)/t18-,20+,21-;18-,20-,21+/m10/s1. The lowest BCUT2D eigenvalue weighted by Crippen LogP contribution is -2.29. The first-order valence-electron chi connectivity index (χ1n) is 18.7. The zero-order chi connectivity index (χ0) is 37.1. The van der Waals surface area contributed by atoms with Crippen LogP contribution in [0.15, 0.2) is 110 Å². The highest BCUT2D eigenvalue weighted by Crippen LogP contribution is 2.51. The fourth-order valence-corrected chi connectivity index (χ4v) is 9.49. The molecular formula is C44H42N6O4. The lowest BCUT2D eigenvalue weighted by molar-refractivity contribution is 0.0717. The minimum Gasteiger partial charge on any atom is -0.388 e. The second kappa shape index (κ2) is 13.5. The second-order valence-corrected chi connectivity index (χ2v) is 14.7. The molecule has 4 aromatic carbocycles. The lowest BCUT2D eigenvalue weighted by Gasteiger charge is -2.35. The Morgan fingerprint density at radius 2 is 1.04 bits per heavy atom. The van der Waals surface area contributed by atoms with E-state index >= 15 is 0 Å². The molecule has 54 heavy (non-hydrogen) atoms. The van der Waals surface area contributed by atoms with Crippen molar-refractivity contribution >= 4 is 11.8 Å².